The van der Waals surface area contributed by atoms with Crippen LogP contribution in [0.2, 0.25) is 0 Å². The third kappa shape index (κ3) is 5.57. The number of nitro groups is 1. The highest BCUT2D eigenvalue weighted by atomic mass is 16.6. The molecule has 1 aromatic carbocycles. The van der Waals surface area contributed by atoms with Gasteiger partial charge in [0.25, 0.3) is 11.6 Å². The molecule has 0 bridgehead atoms. The number of nitrogens with one attached hydrogen (secondary N) is 1. The van der Waals surface area contributed by atoms with Gasteiger partial charge in [0.1, 0.15) is 5.56 Å². The topological polar surface area (TPSA) is 103 Å². The highest BCUT2D eigenvalue weighted by Gasteiger charge is 2.24. The van der Waals surface area contributed by atoms with E-state index in [1.54, 1.807) is 0 Å². The second kappa shape index (κ2) is 10.6. The van der Waals surface area contributed by atoms with Gasteiger partial charge in [-0.05, 0) is 6.42 Å². The van der Waals surface area contributed by atoms with Gasteiger partial charge in [-0.25, -0.2) is 0 Å². The quantitative estimate of drug-likeness (QED) is 0.422. The van der Waals surface area contributed by atoms with E-state index in [2.05, 4.69) is 10.2 Å². The number of carbonyl (C=O) groups is 1. The number of nitro benzene ring substituents is 1. The van der Waals surface area contributed by atoms with Crippen LogP contribution in [0.4, 0.5) is 5.69 Å². The zero-order valence-electron chi connectivity index (χ0n) is 14.4. The Bertz CT molecular complexity index is 617. The van der Waals surface area contributed by atoms with Gasteiger partial charge in [-0.3, -0.25) is 19.8 Å². The number of rotatable bonds is 8. The van der Waals surface area contributed by atoms with E-state index in [1.165, 1.54) is 26.3 Å². The van der Waals surface area contributed by atoms with Crippen molar-refractivity contribution in [2.45, 2.75) is 13.8 Å². The molecule has 0 atom stereocenters. The van der Waals surface area contributed by atoms with Crippen LogP contribution in [0.15, 0.2) is 12.1 Å². The lowest BCUT2D eigenvalue weighted by molar-refractivity contribution is -0.385. The molecule has 1 aliphatic heterocycles. The van der Waals surface area contributed by atoms with Crippen LogP contribution in [0.3, 0.4) is 0 Å². The average Bonchev–Trinajstić information content (AvgIpc) is 2.64. The number of nitrogens with zero attached hydrogens (tertiary/aromatic N) is 2. The Kier molecular flexibility index (Phi) is 8.80. The van der Waals surface area contributed by atoms with Gasteiger partial charge < -0.3 is 19.5 Å². The number of carbonyl (C=O) groups excluding carboxylic acids is 1. The summed E-state index contributed by atoms with van der Waals surface area (Å²) >= 11 is 0. The van der Waals surface area contributed by atoms with Crippen molar-refractivity contribution in [1.29, 1.82) is 0 Å². The van der Waals surface area contributed by atoms with Gasteiger partial charge in [0, 0.05) is 32.7 Å². The Morgan fingerprint density at radius 2 is 2.04 bits per heavy atom. The highest BCUT2D eigenvalue weighted by Crippen LogP contribution is 2.34. The van der Waals surface area contributed by atoms with E-state index in [1.807, 2.05) is 0 Å². The van der Waals surface area contributed by atoms with Crippen molar-refractivity contribution in [3.05, 3.63) is 27.8 Å². The molecule has 0 aliphatic carbocycles. The molecule has 0 radical (unpaired) electrons. The van der Waals surface area contributed by atoms with Crippen LogP contribution in [0, 0.1) is 10.1 Å². The first-order valence-electron chi connectivity index (χ1n) is 8.08. The van der Waals surface area contributed by atoms with E-state index in [-0.39, 0.29) is 24.4 Å². The van der Waals surface area contributed by atoms with Crippen LogP contribution < -0.4 is 14.8 Å². The molecule has 9 heteroatoms. The van der Waals surface area contributed by atoms with Crippen LogP contribution in [0.25, 0.3) is 0 Å². The van der Waals surface area contributed by atoms with Crippen LogP contribution in [-0.2, 0) is 4.74 Å². The Balaban J connectivity index is 0.00000338. The molecule has 2 rings (SSSR count). The fourth-order valence-corrected chi connectivity index (χ4v) is 2.58. The number of morpholine rings is 1. The number of methoxy groups -OCH3 is 1. The Morgan fingerprint density at radius 3 is 2.62 bits per heavy atom. The summed E-state index contributed by atoms with van der Waals surface area (Å²) in [6.45, 7) is 4.59. The highest BCUT2D eigenvalue weighted by molar-refractivity contribution is 5.98. The molecule has 9 nitrogen and oxygen atoms in total. The predicted molar refractivity (Wildman–Crippen MR) is 97.1 cm³/mol. The van der Waals surface area contributed by atoms with Crippen LogP contribution >= 0.6 is 0 Å². The van der Waals surface area contributed by atoms with Crippen LogP contribution in [0.1, 0.15) is 24.2 Å². The zero-order chi connectivity index (χ0) is 18.2. The zero-order valence-corrected chi connectivity index (χ0v) is 14.4. The van der Waals surface area contributed by atoms with Gasteiger partial charge in [0.2, 0.25) is 0 Å². The van der Waals surface area contributed by atoms with Gasteiger partial charge in [0.15, 0.2) is 11.5 Å². The maximum atomic E-state index is 11.9. The van der Waals surface area contributed by atoms with Crippen molar-refractivity contribution in [1.82, 2.24) is 10.2 Å². The molecule has 1 fully saturated rings. The summed E-state index contributed by atoms with van der Waals surface area (Å²) in [5.41, 5.74) is -0.381. The third-order valence-electron chi connectivity index (χ3n) is 3.93. The van der Waals surface area contributed by atoms with Gasteiger partial charge in [-0.2, -0.15) is 0 Å². The lowest BCUT2D eigenvalue weighted by Crippen LogP contribution is -2.37. The lowest BCUT2D eigenvalue weighted by Gasteiger charge is -2.26. The summed E-state index contributed by atoms with van der Waals surface area (Å²) in [7, 11) is 2.82. The molecule has 1 amide bonds. The molecule has 0 spiro atoms. The summed E-state index contributed by atoms with van der Waals surface area (Å²) in [4.78, 5) is 24.7. The second-order valence-corrected chi connectivity index (χ2v) is 5.51. The first-order chi connectivity index (χ1) is 12.1. The molecular weight excluding hydrogens is 342 g/mol. The van der Waals surface area contributed by atoms with Crippen molar-refractivity contribution in [3.63, 3.8) is 0 Å². The predicted octanol–water partition coefficient (Wildman–Crippen LogP) is 1.70. The maximum absolute atomic E-state index is 11.9. The smallest absolute Gasteiger partial charge is 0.286 e. The lowest BCUT2D eigenvalue weighted by atomic mass is 10.1. The van der Waals surface area contributed by atoms with Crippen molar-refractivity contribution in [2.24, 2.45) is 0 Å². The Labute approximate surface area is 153 Å². The van der Waals surface area contributed by atoms with Crippen LogP contribution in [-0.4, -0.2) is 69.3 Å². The fraction of sp³-hybridized carbons (Fsp3) is 0.588. The standard InChI is InChI=1S/C16H23N3O6.CH4/c1-17-16(20)12-10-15(14(23-2)11-13(12)19(21)22)25-7-3-4-18-5-8-24-9-6-18;/h10-11H,3-9H2,1-2H3,(H,17,20);1H4. The van der Waals surface area contributed by atoms with Crippen molar-refractivity contribution >= 4 is 11.6 Å². The normalized spacial score (nSPS) is 14.2. The molecule has 0 aromatic heterocycles. The van der Waals surface area contributed by atoms with Gasteiger partial charge in [-0.15, -0.1) is 0 Å². The molecule has 1 saturated heterocycles. The van der Waals surface area contributed by atoms with E-state index < -0.39 is 10.8 Å². The minimum absolute atomic E-state index is 0. The molecule has 1 aromatic rings. The summed E-state index contributed by atoms with van der Waals surface area (Å²) in [6.07, 6.45) is 0.787. The molecule has 0 saturated carbocycles. The number of hydrogen-bond acceptors (Lipinski definition) is 7. The first-order valence-corrected chi connectivity index (χ1v) is 8.08. The van der Waals surface area contributed by atoms with Gasteiger partial charge in [-0.1, -0.05) is 7.43 Å². The average molecular weight is 369 g/mol. The molecule has 1 heterocycles. The van der Waals surface area contributed by atoms with Gasteiger partial charge in [0.05, 0.1) is 37.9 Å². The van der Waals surface area contributed by atoms with Gasteiger partial charge >= 0.3 is 0 Å². The van der Waals surface area contributed by atoms with E-state index in [9.17, 15) is 14.9 Å². The molecule has 0 unspecified atom stereocenters. The summed E-state index contributed by atoms with van der Waals surface area (Å²) in [5.74, 6) is -0.00748. The van der Waals surface area contributed by atoms with E-state index in [4.69, 9.17) is 14.2 Å². The monoisotopic (exact) mass is 369 g/mol. The molecule has 1 aliphatic rings. The van der Waals surface area contributed by atoms with E-state index in [0.29, 0.717) is 12.4 Å². The van der Waals surface area contributed by atoms with Crippen molar-refractivity contribution in [2.75, 3.05) is 53.6 Å². The van der Waals surface area contributed by atoms with Crippen LogP contribution in [0.5, 0.6) is 11.5 Å². The minimum Gasteiger partial charge on any atom is -0.493 e. The molecule has 146 valence electrons. The molecule has 26 heavy (non-hydrogen) atoms. The Hall–Kier alpha value is -2.39. The molecular formula is C17H27N3O6. The molecule has 1 N–H and O–H groups in total. The van der Waals surface area contributed by atoms with E-state index in [0.717, 1.165) is 39.3 Å². The van der Waals surface area contributed by atoms with Crippen molar-refractivity contribution in [3.8, 4) is 11.5 Å². The minimum atomic E-state index is -0.616. The largest absolute Gasteiger partial charge is 0.493 e. The summed E-state index contributed by atoms with van der Waals surface area (Å²) in [6, 6.07) is 2.56. The number of hydrogen-bond donors (Lipinski definition) is 1. The maximum Gasteiger partial charge on any atom is 0.286 e. The second-order valence-electron chi connectivity index (χ2n) is 5.51. The fourth-order valence-electron chi connectivity index (χ4n) is 2.58. The number of amides is 1. The third-order valence-corrected chi connectivity index (χ3v) is 3.93. The first kappa shape index (κ1) is 21.7. The summed E-state index contributed by atoms with van der Waals surface area (Å²) in [5, 5.41) is 13.6. The van der Waals surface area contributed by atoms with E-state index >= 15 is 0 Å². The Morgan fingerprint density at radius 1 is 1.35 bits per heavy atom. The SMILES string of the molecule is C.CNC(=O)c1cc(OCCCN2CCOCC2)c(OC)cc1[N+](=O)[O-]. The number of ether oxygens (including phenoxy) is 3. The van der Waals surface area contributed by atoms with Crippen molar-refractivity contribution < 1.29 is 23.9 Å². The summed E-state index contributed by atoms with van der Waals surface area (Å²) < 4.78 is 16.2. The number of benzene rings is 1.